The van der Waals surface area contributed by atoms with Crippen LogP contribution in [0.1, 0.15) is 6.92 Å². The normalized spacial score (nSPS) is 11.5. The number of carbonyl (C=O) groups is 1. The molecule has 6 heteroatoms. The van der Waals surface area contributed by atoms with E-state index in [2.05, 4.69) is 10.6 Å². The smallest absolute Gasteiger partial charge is 0.228 e. The van der Waals surface area contributed by atoms with Crippen LogP contribution < -0.4 is 10.6 Å². The summed E-state index contributed by atoms with van der Waals surface area (Å²) < 4.78 is 0. The van der Waals surface area contributed by atoms with Crippen LogP contribution in [0.3, 0.4) is 0 Å². The minimum absolute atomic E-state index is 0. The van der Waals surface area contributed by atoms with Crippen molar-refractivity contribution in [3.8, 4) is 0 Å². The van der Waals surface area contributed by atoms with E-state index in [-0.39, 0.29) is 24.2 Å². The van der Waals surface area contributed by atoms with Gasteiger partial charge in [-0.1, -0.05) is 30.1 Å². The molecular formula is C11H15Cl3N2O. The number of hydrogen-bond donors (Lipinski definition) is 2. The Bertz CT molecular complexity index is 385. The number of carbonyl (C=O) groups excluding carboxylic acids is 1. The zero-order valence-corrected chi connectivity index (χ0v) is 11.9. The maximum Gasteiger partial charge on any atom is 0.228 e. The van der Waals surface area contributed by atoms with E-state index in [1.807, 2.05) is 14.0 Å². The predicted molar refractivity (Wildman–Crippen MR) is 75.4 cm³/mol. The average molecular weight is 298 g/mol. The maximum atomic E-state index is 11.7. The highest BCUT2D eigenvalue weighted by molar-refractivity contribution is 6.42. The molecule has 0 radical (unpaired) electrons. The van der Waals surface area contributed by atoms with Crippen LogP contribution in [0.5, 0.6) is 0 Å². The topological polar surface area (TPSA) is 41.1 Å². The fraction of sp³-hybridized carbons (Fsp3) is 0.364. The van der Waals surface area contributed by atoms with Crippen molar-refractivity contribution in [1.29, 1.82) is 0 Å². The number of rotatable bonds is 4. The zero-order chi connectivity index (χ0) is 12.1. The number of amides is 1. The van der Waals surface area contributed by atoms with E-state index in [1.165, 1.54) is 0 Å². The highest BCUT2D eigenvalue weighted by atomic mass is 35.5. The number of halogens is 3. The van der Waals surface area contributed by atoms with Gasteiger partial charge >= 0.3 is 0 Å². The molecule has 0 aliphatic heterocycles. The minimum Gasteiger partial charge on any atom is -0.326 e. The van der Waals surface area contributed by atoms with Crippen LogP contribution in [-0.2, 0) is 4.79 Å². The van der Waals surface area contributed by atoms with E-state index in [9.17, 15) is 4.79 Å². The van der Waals surface area contributed by atoms with Crippen LogP contribution in [0.25, 0.3) is 0 Å². The number of anilines is 1. The van der Waals surface area contributed by atoms with Crippen molar-refractivity contribution >= 4 is 47.2 Å². The Morgan fingerprint density at radius 2 is 2.00 bits per heavy atom. The second-order valence-corrected chi connectivity index (χ2v) is 4.39. The van der Waals surface area contributed by atoms with Crippen molar-refractivity contribution in [3.05, 3.63) is 28.2 Å². The van der Waals surface area contributed by atoms with Gasteiger partial charge in [0.2, 0.25) is 5.91 Å². The zero-order valence-electron chi connectivity index (χ0n) is 9.59. The first-order chi connectivity index (χ1) is 7.54. The summed E-state index contributed by atoms with van der Waals surface area (Å²) in [5.74, 6) is -0.146. The fourth-order valence-corrected chi connectivity index (χ4v) is 1.54. The average Bonchev–Trinajstić information content (AvgIpc) is 2.24. The van der Waals surface area contributed by atoms with Crippen molar-refractivity contribution in [1.82, 2.24) is 5.32 Å². The number of hydrogen-bond acceptors (Lipinski definition) is 2. The summed E-state index contributed by atoms with van der Waals surface area (Å²) in [5, 5.41) is 6.63. The van der Waals surface area contributed by atoms with Crippen LogP contribution in [0.15, 0.2) is 18.2 Å². The lowest BCUT2D eigenvalue weighted by Gasteiger charge is -2.11. The predicted octanol–water partition coefficient (Wildman–Crippen LogP) is 3.21. The maximum absolute atomic E-state index is 11.7. The van der Waals surface area contributed by atoms with Gasteiger partial charge in [-0.15, -0.1) is 12.4 Å². The summed E-state index contributed by atoms with van der Waals surface area (Å²) in [6.45, 7) is 2.48. The summed E-state index contributed by atoms with van der Waals surface area (Å²) in [6.07, 6.45) is 0. The molecule has 0 saturated carbocycles. The Morgan fingerprint density at radius 1 is 1.35 bits per heavy atom. The minimum atomic E-state index is -0.0977. The van der Waals surface area contributed by atoms with Crippen LogP contribution in [-0.4, -0.2) is 19.5 Å². The molecular weight excluding hydrogens is 282 g/mol. The van der Waals surface area contributed by atoms with Gasteiger partial charge in [-0.05, 0) is 25.2 Å². The Labute approximate surface area is 117 Å². The Balaban J connectivity index is 0.00000256. The second-order valence-electron chi connectivity index (χ2n) is 3.58. The standard InChI is InChI=1S/C11H14Cl2N2O.ClH/c1-7(6-14-2)11(16)15-8-3-4-9(12)10(13)5-8;/h3-5,7,14H,6H2,1-2H3,(H,15,16);1H. The van der Waals surface area contributed by atoms with E-state index in [4.69, 9.17) is 23.2 Å². The third-order valence-corrected chi connectivity index (χ3v) is 2.88. The molecule has 0 aliphatic rings. The van der Waals surface area contributed by atoms with Crippen LogP contribution in [0.2, 0.25) is 10.0 Å². The SMILES string of the molecule is CNCC(C)C(=O)Nc1ccc(Cl)c(Cl)c1.Cl. The molecule has 0 spiro atoms. The van der Waals surface area contributed by atoms with Gasteiger partial charge in [0.25, 0.3) is 0 Å². The highest BCUT2D eigenvalue weighted by Crippen LogP contribution is 2.25. The first-order valence-corrected chi connectivity index (χ1v) is 5.70. The Kier molecular flexibility index (Phi) is 7.55. The molecule has 96 valence electrons. The van der Waals surface area contributed by atoms with Crippen molar-refractivity contribution < 1.29 is 4.79 Å². The van der Waals surface area contributed by atoms with E-state index in [0.29, 0.717) is 22.3 Å². The van der Waals surface area contributed by atoms with E-state index in [1.54, 1.807) is 18.2 Å². The lowest BCUT2D eigenvalue weighted by molar-refractivity contribution is -0.119. The molecule has 1 amide bonds. The summed E-state index contributed by atoms with van der Waals surface area (Å²) >= 11 is 11.6. The monoisotopic (exact) mass is 296 g/mol. The third-order valence-electron chi connectivity index (χ3n) is 2.15. The number of nitrogens with one attached hydrogen (secondary N) is 2. The van der Waals surface area contributed by atoms with Crippen molar-refractivity contribution in [3.63, 3.8) is 0 Å². The highest BCUT2D eigenvalue weighted by Gasteiger charge is 2.12. The third kappa shape index (κ3) is 5.13. The molecule has 1 aromatic carbocycles. The van der Waals surface area contributed by atoms with E-state index in [0.717, 1.165) is 0 Å². The molecule has 2 N–H and O–H groups in total. The summed E-state index contributed by atoms with van der Waals surface area (Å²) in [4.78, 5) is 11.7. The summed E-state index contributed by atoms with van der Waals surface area (Å²) in [7, 11) is 1.81. The van der Waals surface area contributed by atoms with Gasteiger partial charge < -0.3 is 10.6 Å². The van der Waals surface area contributed by atoms with Crippen molar-refractivity contribution in [2.24, 2.45) is 5.92 Å². The molecule has 0 saturated heterocycles. The lowest BCUT2D eigenvalue weighted by atomic mass is 10.1. The summed E-state index contributed by atoms with van der Waals surface area (Å²) in [5.41, 5.74) is 0.655. The largest absolute Gasteiger partial charge is 0.326 e. The van der Waals surface area contributed by atoms with Crippen molar-refractivity contribution in [2.45, 2.75) is 6.92 Å². The van der Waals surface area contributed by atoms with Gasteiger partial charge in [-0.25, -0.2) is 0 Å². The van der Waals surface area contributed by atoms with Crippen molar-refractivity contribution in [2.75, 3.05) is 18.9 Å². The molecule has 0 aromatic heterocycles. The van der Waals surface area contributed by atoms with E-state index < -0.39 is 0 Å². The molecule has 0 fully saturated rings. The van der Waals surface area contributed by atoms with Crippen LogP contribution in [0, 0.1) is 5.92 Å². The van der Waals surface area contributed by atoms with Gasteiger partial charge in [-0.2, -0.15) is 0 Å². The van der Waals surface area contributed by atoms with Crippen LogP contribution >= 0.6 is 35.6 Å². The molecule has 1 aromatic rings. The molecule has 3 nitrogen and oxygen atoms in total. The van der Waals surface area contributed by atoms with Gasteiger partial charge in [-0.3, -0.25) is 4.79 Å². The first kappa shape index (κ1) is 16.5. The quantitative estimate of drug-likeness (QED) is 0.896. The Morgan fingerprint density at radius 3 is 2.53 bits per heavy atom. The summed E-state index contributed by atoms with van der Waals surface area (Å²) in [6, 6.07) is 5.01. The van der Waals surface area contributed by atoms with E-state index >= 15 is 0 Å². The van der Waals surface area contributed by atoms with Gasteiger partial charge in [0.15, 0.2) is 0 Å². The molecule has 17 heavy (non-hydrogen) atoms. The molecule has 1 unspecified atom stereocenters. The second kappa shape index (κ2) is 7.77. The number of benzene rings is 1. The van der Waals surface area contributed by atoms with Gasteiger partial charge in [0.05, 0.1) is 10.0 Å². The lowest BCUT2D eigenvalue weighted by Crippen LogP contribution is -2.28. The molecule has 0 heterocycles. The Hall–Kier alpha value is -0.480. The van der Waals surface area contributed by atoms with Gasteiger partial charge in [0, 0.05) is 18.2 Å². The molecule has 0 aliphatic carbocycles. The van der Waals surface area contributed by atoms with Gasteiger partial charge in [0.1, 0.15) is 0 Å². The van der Waals surface area contributed by atoms with Crippen LogP contribution in [0.4, 0.5) is 5.69 Å². The molecule has 1 atom stereocenters. The molecule has 0 bridgehead atoms. The molecule has 1 rings (SSSR count). The fourth-order valence-electron chi connectivity index (χ4n) is 1.24. The first-order valence-electron chi connectivity index (χ1n) is 4.95.